The largest absolute Gasteiger partial charge is 0.378 e. The van der Waals surface area contributed by atoms with Gasteiger partial charge in [-0.2, -0.15) is 0 Å². The fourth-order valence-electron chi connectivity index (χ4n) is 11.1. The molecule has 30 heteroatoms. The molecule has 0 rings (SSSR count). The Labute approximate surface area is 610 Å². The van der Waals surface area contributed by atoms with E-state index in [1.165, 1.54) is 0 Å². The van der Waals surface area contributed by atoms with Gasteiger partial charge in [0.1, 0.15) is 0 Å². The van der Waals surface area contributed by atoms with Gasteiger partial charge in [0, 0.05) is 106 Å². The molecule has 566 valence electrons. The number of hydrogen-bond donors (Lipinski definition) is 6. The molecule has 0 radical (unpaired) electrons. The van der Waals surface area contributed by atoms with E-state index in [4.69, 9.17) is 62.2 Å². The first-order valence-electron chi connectivity index (χ1n) is 34.8. The zero-order chi connectivity index (χ0) is 73.2. The topological polar surface area (TPSA) is 268 Å². The lowest BCUT2D eigenvalue weighted by Crippen LogP contribution is -2.48. The molecule has 7 unspecified atom stereocenters. The second-order valence-corrected chi connectivity index (χ2v) is 42.7. The Bertz CT molecular complexity index is 2070. The highest BCUT2D eigenvalue weighted by atomic mass is 33.1. The number of rotatable bonds is 57. The molecule has 0 spiro atoms. The van der Waals surface area contributed by atoms with Crippen LogP contribution in [0.5, 0.6) is 0 Å². The molecule has 21 nitrogen and oxygen atoms in total. The van der Waals surface area contributed by atoms with Gasteiger partial charge in [0.05, 0.1) is 76.1 Å². The van der Waals surface area contributed by atoms with Crippen molar-refractivity contribution in [2.24, 2.45) is 49.4 Å². The molecule has 0 aliphatic carbocycles. The Hall–Kier alpha value is 0.720. The van der Waals surface area contributed by atoms with E-state index in [0.29, 0.717) is 59.3 Å². The molecular formula is C65H144N15O6P3S6. The third kappa shape index (κ3) is 41.1. The summed E-state index contributed by atoms with van der Waals surface area (Å²) >= 11 is 0. The molecular weight excluding hydrogens is 1370 g/mol. The summed E-state index contributed by atoms with van der Waals surface area (Å²) in [6.07, 6.45) is 3.88. The highest BCUT2D eigenvalue weighted by Crippen LogP contribution is 2.57. The van der Waals surface area contributed by atoms with Crippen LogP contribution in [0.25, 0.3) is 0 Å². The van der Waals surface area contributed by atoms with Crippen LogP contribution in [0.2, 0.25) is 0 Å². The van der Waals surface area contributed by atoms with Crippen LogP contribution < -0.4 is 34.4 Å². The fraction of sp³-hybridized carbons (Fsp3) is 0.954. The smallest absolute Gasteiger partial charge is 0.189 e. The monoisotopic (exact) mass is 1520 g/mol. The first kappa shape index (κ1) is 95.7. The van der Waals surface area contributed by atoms with Gasteiger partial charge in [0.2, 0.25) is 0 Å². The van der Waals surface area contributed by atoms with Crippen molar-refractivity contribution >= 4 is 108 Å². The Morgan fingerprint density at radius 2 is 0.705 bits per heavy atom. The zero-order valence-corrected chi connectivity index (χ0v) is 72.5. The molecule has 0 aromatic carbocycles. The normalized spacial score (nSPS) is 15.6. The van der Waals surface area contributed by atoms with Gasteiger partial charge in [-0.3, -0.25) is 15.0 Å². The van der Waals surface area contributed by atoms with Crippen molar-refractivity contribution in [2.75, 3.05) is 88.0 Å². The number of nitrogens with zero attached hydrogens (tertiary/aromatic N) is 9. The Morgan fingerprint density at radius 3 is 1.09 bits per heavy atom. The average molecular weight is 1520 g/mol. The van der Waals surface area contributed by atoms with Crippen LogP contribution in [-0.2, 0) is 27.8 Å². The van der Waals surface area contributed by atoms with E-state index >= 15 is 0 Å². The molecule has 0 aliphatic heterocycles. The molecule has 95 heavy (non-hydrogen) atoms. The maximum absolute atomic E-state index is 7.62. The van der Waals surface area contributed by atoms with Gasteiger partial charge in [-0.15, -0.1) is 0 Å². The van der Waals surface area contributed by atoms with E-state index in [1.807, 2.05) is 0 Å². The minimum absolute atomic E-state index is 0.121. The third-order valence-corrected chi connectivity index (χ3v) is 31.9. The molecule has 7 atom stereocenters. The fourth-order valence-corrected chi connectivity index (χ4v) is 25.1. The van der Waals surface area contributed by atoms with E-state index in [9.17, 15) is 0 Å². The van der Waals surface area contributed by atoms with Crippen LogP contribution in [0, 0.1) is 0 Å². The van der Waals surface area contributed by atoms with E-state index in [0.717, 1.165) is 54.4 Å². The molecule has 0 saturated carbocycles. The molecule has 0 aromatic rings. The van der Waals surface area contributed by atoms with Gasteiger partial charge in [0.25, 0.3) is 0 Å². The average Bonchev–Trinajstić information content (AvgIpc) is 0.828. The minimum Gasteiger partial charge on any atom is -0.378 e. The first-order chi connectivity index (χ1) is 43.9. The molecule has 12 N–H and O–H groups in total. The summed E-state index contributed by atoms with van der Waals surface area (Å²) in [5, 5.41) is 0. The number of aliphatic imine (C=N–C) groups is 3. The molecule has 0 aliphatic rings. The Balaban J connectivity index is 7.35. The van der Waals surface area contributed by atoms with Crippen molar-refractivity contribution in [3.8, 4) is 0 Å². The molecule has 0 heterocycles. The summed E-state index contributed by atoms with van der Waals surface area (Å²) in [7, 11) is 6.95. The van der Waals surface area contributed by atoms with E-state index in [2.05, 4.69) is 237 Å². The number of ether oxygens (including phenoxy) is 3. The molecule has 0 saturated heterocycles. The summed E-state index contributed by atoms with van der Waals surface area (Å²) in [5.41, 5.74) is 31.7. The van der Waals surface area contributed by atoms with Crippen LogP contribution in [0.1, 0.15) is 220 Å². The van der Waals surface area contributed by atoms with Crippen LogP contribution in [-0.4, -0.2) is 228 Å². The van der Waals surface area contributed by atoms with E-state index in [1.54, 1.807) is 64.8 Å². The van der Waals surface area contributed by atoms with Gasteiger partial charge in [-0.1, -0.05) is 64.8 Å². The predicted octanol–water partition coefficient (Wildman–Crippen LogP) is 15.0. The van der Waals surface area contributed by atoms with Crippen molar-refractivity contribution in [2.45, 2.75) is 314 Å². The highest BCUT2D eigenvalue weighted by molar-refractivity contribution is 8.77. The van der Waals surface area contributed by atoms with Crippen LogP contribution >= 0.6 is 90.1 Å². The third-order valence-electron chi connectivity index (χ3n) is 14.5. The maximum atomic E-state index is 7.62. The summed E-state index contributed by atoms with van der Waals surface area (Å²) in [5.74, 6) is 4.54. The number of hydrogen-bond acceptors (Lipinski definition) is 21. The van der Waals surface area contributed by atoms with Gasteiger partial charge in [-0.05, 0) is 220 Å². The lowest BCUT2D eigenvalue weighted by molar-refractivity contribution is -0.127. The van der Waals surface area contributed by atoms with Crippen molar-refractivity contribution in [1.82, 2.24) is 28.0 Å². The van der Waals surface area contributed by atoms with Crippen LogP contribution in [0.15, 0.2) is 15.0 Å². The quantitative estimate of drug-likeness (QED) is 0.0109. The SMILES string of the molecule is CC(C)N(C(C)C)P(OCCOCCSSCCN=C(N)N)N(C(C)C)C(C)CCC(C)N(C(C)C)P(OCC(C)(C)OC(C)(C)CSSCCN=C(N)N)N(C(C)C)C(C)CCC(C)N(C(C)C)P(OC(C)(C)COCC(C)(C)SSCCN=C(N)N)N(C(C)C)C(C)C. The van der Waals surface area contributed by atoms with Crippen molar-refractivity contribution in [3.05, 3.63) is 0 Å². The van der Waals surface area contributed by atoms with Crippen molar-refractivity contribution in [1.29, 1.82) is 0 Å². The lowest BCUT2D eigenvalue weighted by atomic mass is 10.1. The number of nitrogens with two attached hydrogens (primary N) is 6. The van der Waals surface area contributed by atoms with Gasteiger partial charge in [-0.25, -0.2) is 28.0 Å². The molecule has 0 amide bonds. The summed E-state index contributed by atoms with van der Waals surface area (Å²) in [6, 6.07) is 2.67. The van der Waals surface area contributed by atoms with Gasteiger partial charge in [0.15, 0.2) is 43.2 Å². The first-order valence-corrected chi connectivity index (χ1v) is 45.6. The maximum Gasteiger partial charge on any atom is 0.189 e. The second kappa shape index (κ2) is 49.4. The Morgan fingerprint density at radius 1 is 0.358 bits per heavy atom. The van der Waals surface area contributed by atoms with Crippen molar-refractivity contribution in [3.63, 3.8) is 0 Å². The zero-order valence-electron chi connectivity index (χ0n) is 64.9. The van der Waals surface area contributed by atoms with Gasteiger partial charge >= 0.3 is 0 Å². The Kier molecular flexibility index (Phi) is 49.8. The number of guanidine groups is 3. The van der Waals surface area contributed by atoms with E-state index < -0.39 is 42.2 Å². The van der Waals surface area contributed by atoms with Gasteiger partial charge < -0.3 is 62.2 Å². The molecule has 0 fully saturated rings. The molecule has 0 bridgehead atoms. The lowest BCUT2D eigenvalue weighted by Gasteiger charge is -2.50. The molecule has 0 aromatic heterocycles. The summed E-state index contributed by atoms with van der Waals surface area (Å²) < 4.78 is 57.8. The van der Waals surface area contributed by atoms with E-state index in [-0.39, 0.29) is 95.1 Å². The highest BCUT2D eigenvalue weighted by Gasteiger charge is 2.43. The predicted molar refractivity (Wildman–Crippen MR) is 433 cm³/mol. The summed E-state index contributed by atoms with van der Waals surface area (Å²) in [6.45, 7) is 69.3. The van der Waals surface area contributed by atoms with Crippen LogP contribution in [0.3, 0.4) is 0 Å². The summed E-state index contributed by atoms with van der Waals surface area (Å²) in [4.78, 5) is 12.4. The van der Waals surface area contributed by atoms with Crippen LogP contribution in [0.4, 0.5) is 0 Å². The van der Waals surface area contributed by atoms with Crippen molar-refractivity contribution < 1.29 is 27.8 Å². The standard InChI is InChI=1S/C65H144N15O6P3S6/c1-47(2)75(48(3)4)87(83-37-36-81-38-42-92-90-39-33-72-59(66)67)77(51(9)10)55(17)29-30-56(18)78(52(11)12)88(84-44-62(21,22)85-64(25,26)46-94-91-40-34-73-60(68)69)79(53(13)14)57(19)31-32-58(20)80(54(15)16)89(76(49(5)6)50(7)8)86-63(23,24)43-82-45-65(27,28)95-93-41-35-74-61(70)71/h47-58H,29-46H2,1-28H3,(H4,66,67,72)(H4,68,69,73)(H4,70,71,74). The minimum atomic E-state index is -1.34. The second-order valence-electron chi connectivity index (χ2n) is 29.3.